The van der Waals surface area contributed by atoms with E-state index in [-0.39, 0.29) is 12.0 Å². The zero-order valence-corrected chi connectivity index (χ0v) is 18.6. The lowest BCUT2D eigenvalue weighted by Gasteiger charge is -2.29. The summed E-state index contributed by atoms with van der Waals surface area (Å²) in [6, 6.07) is 0. The van der Waals surface area contributed by atoms with Crippen molar-refractivity contribution in [2.75, 3.05) is 19.8 Å². The summed E-state index contributed by atoms with van der Waals surface area (Å²) in [5.74, 6) is 0.793. The van der Waals surface area contributed by atoms with E-state index < -0.39 is 0 Å². The number of hydrogen-bond donors (Lipinski definition) is 2. The second kappa shape index (κ2) is 14.3. The Hall–Kier alpha value is -0.690. The molecule has 2 aliphatic heterocycles. The summed E-state index contributed by atoms with van der Waals surface area (Å²) in [4.78, 5) is 11.1. The molecule has 0 aromatic heterocycles. The number of fused-ring (bicyclic) bond motifs is 2. The smallest absolute Gasteiger partial charge is 0.243 e. The largest absolute Gasteiger partial charge is 0.381 e. The van der Waals surface area contributed by atoms with Crippen LogP contribution in [0.5, 0.6) is 0 Å². The summed E-state index contributed by atoms with van der Waals surface area (Å²) < 4.78 is 18.1. The minimum atomic E-state index is -0.330. The van der Waals surface area contributed by atoms with E-state index in [9.17, 15) is 4.79 Å². The lowest BCUT2D eigenvalue weighted by Crippen LogP contribution is -2.32. The zero-order chi connectivity index (χ0) is 20.9. The third-order valence-corrected chi connectivity index (χ3v) is 6.52. The number of nitrogens with one attached hydrogen (secondary N) is 1. The molecule has 29 heavy (non-hydrogen) atoms. The molecule has 2 rings (SSSR count). The van der Waals surface area contributed by atoms with Crippen LogP contribution in [0.4, 0.5) is 0 Å². The highest BCUT2D eigenvalue weighted by Gasteiger charge is 2.48. The van der Waals surface area contributed by atoms with Crippen molar-refractivity contribution < 1.29 is 24.2 Å². The van der Waals surface area contributed by atoms with Crippen LogP contribution < -0.4 is 5.48 Å². The first-order valence-electron chi connectivity index (χ1n) is 11.9. The fourth-order valence-corrected chi connectivity index (χ4v) is 4.78. The van der Waals surface area contributed by atoms with Gasteiger partial charge in [0.2, 0.25) is 5.91 Å². The number of carbonyl (C=O) groups excluding carboxylic acids is 1. The molecule has 6 heteroatoms. The van der Waals surface area contributed by atoms with Crippen LogP contribution in [0.3, 0.4) is 0 Å². The molecule has 2 fully saturated rings. The SMILES string of the molecule is CCCCCCOCCCCC1C2CCC(O2)C1COC(C)CCCC(=O)NO. The predicted octanol–water partition coefficient (Wildman–Crippen LogP) is 4.63. The fraction of sp³-hybridized carbons (Fsp3) is 0.957. The first kappa shape index (κ1) is 24.6. The molecule has 2 heterocycles. The van der Waals surface area contributed by atoms with E-state index in [1.54, 1.807) is 5.48 Å². The third kappa shape index (κ3) is 8.91. The van der Waals surface area contributed by atoms with Crippen LogP contribution in [0.1, 0.15) is 90.9 Å². The molecule has 2 saturated heterocycles. The summed E-state index contributed by atoms with van der Waals surface area (Å²) in [5, 5.41) is 8.55. The Bertz CT molecular complexity index is 447. The molecule has 2 bridgehead atoms. The summed E-state index contributed by atoms with van der Waals surface area (Å²) in [6.07, 6.45) is 13.8. The fourth-order valence-electron chi connectivity index (χ4n) is 4.78. The van der Waals surface area contributed by atoms with Gasteiger partial charge in [0.25, 0.3) is 0 Å². The van der Waals surface area contributed by atoms with Crippen LogP contribution in [0.15, 0.2) is 0 Å². The highest BCUT2D eigenvalue weighted by atomic mass is 16.5. The van der Waals surface area contributed by atoms with Crippen LogP contribution in [-0.4, -0.2) is 49.2 Å². The molecule has 0 spiro atoms. The maximum Gasteiger partial charge on any atom is 0.243 e. The predicted molar refractivity (Wildman–Crippen MR) is 113 cm³/mol. The van der Waals surface area contributed by atoms with Gasteiger partial charge in [-0.2, -0.15) is 0 Å². The molecule has 2 N–H and O–H groups in total. The van der Waals surface area contributed by atoms with E-state index in [2.05, 4.69) is 13.8 Å². The Balaban J connectivity index is 1.58. The Labute approximate surface area is 177 Å². The normalized spacial score (nSPS) is 26.7. The van der Waals surface area contributed by atoms with Crippen LogP contribution in [-0.2, 0) is 19.0 Å². The maximum absolute atomic E-state index is 11.1. The van der Waals surface area contributed by atoms with Crippen molar-refractivity contribution in [3.8, 4) is 0 Å². The molecular weight excluding hydrogens is 370 g/mol. The van der Waals surface area contributed by atoms with Crippen LogP contribution in [0, 0.1) is 11.8 Å². The van der Waals surface area contributed by atoms with E-state index in [1.165, 1.54) is 51.4 Å². The monoisotopic (exact) mass is 413 g/mol. The Morgan fingerprint density at radius 2 is 1.79 bits per heavy atom. The Kier molecular flexibility index (Phi) is 12.2. The van der Waals surface area contributed by atoms with Gasteiger partial charge in [-0.25, -0.2) is 5.48 Å². The van der Waals surface area contributed by atoms with E-state index in [0.717, 1.165) is 39.1 Å². The molecule has 0 saturated carbocycles. The van der Waals surface area contributed by atoms with Gasteiger partial charge in [-0.05, 0) is 57.8 Å². The third-order valence-electron chi connectivity index (χ3n) is 6.52. The molecule has 5 atom stereocenters. The summed E-state index contributed by atoms with van der Waals surface area (Å²) in [6.45, 7) is 6.85. The molecule has 6 nitrogen and oxygen atoms in total. The lowest BCUT2D eigenvalue weighted by atomic mass is 9.77. The molecule has 0 radical (unpaired) electrons. The van der Waals surface area contributed by atoms with Gasteiger partial charge in [0.1, 0.15) is 0 Å². The number of hydroxylamine groups is 1. The van der Waals surface area contributed by atoms with Crippen molar-refractivity contribution in [1.29, 1.82) is 0 Å². The number of amides is 1. The Morgan fingerprint density at radius 1 is 1.07 bits per heavy atom. The van der Waals surface area contributed by atoms with Crippen LogP contribution >= 0.6 is 0 Å². The molecule has 2 aliphatic rings. The van der Waals surface area contributed by atoms with Gasteiger partial charge in [-0.3, -0.25) is 10.0 Å². The summed E-state index contributed by atoms with van der Waals surface area (Å²) in [7, 11) is 0. The van der Waals surface area contributed by atoms with Crippen molar-refractivity contribution in [3.63, 3.8) is 0 Å². The van der Waals surface area contributed by atoms with E-state index in [4.69, 9.17) is 19.4 Å². The number of rotatable bonds is 17. The minimum Gasteiger partial charge on any atom is -0.381 e. The quantitative estimate of drug-likeness (QED) is 0.207. The van der Waals surface area contributed by atoms with E-state index in [1.807, 2.05) is 0 Å². The topological polar surface area (TPSA) is 77.0 Å². The first-order valence-corrected chi connectivity index (χ1v) is 11.9. The molecule has 1 amide bonds. The number of unbranched alkanes of at least 4 members (excludes halogenated alkanes) is 4. The lowest BCUT2D eigenvalue weighted by molar-refractivity contribution is -0.129. The van der Waals surface area contributed by atoms with E-state index >= 15 is 0 Å². The zero-order valence-electron chi connectivity index (χ0n) is 18.6. The number of carbonyl (C=O) groups is 1. The molecule has 0 aliphatic carbocycles. The average molecular weight is 414 g/mol. The molecule has 170 valence electrons. The van der Waals surface area contributed by atoms with Gasteiger partial charge in [0, 0.05) is 25.6 Å². The van der Waals surface area contributed by atoms with Gasteiger partial charge in [-0.15, -0.1) is 0 Å². The first-order chi connectivity index (χ1) is 14.2. The summed E-state index contributed by atoms with van der Waals surface area (Å²) >= 11 is 0. The minimum absolute atomic E-state index is 0.127. The van der Waals surface area contributed by atoms with Gasteiger partial charge in [0.15, 0.2) is 0 Å². The van der Waals surface area contributed by atoms with Gasteiger partial charge >= 0.3 is 0 Å². The molecule has 0 aromatic rings. The van der Waals surface area contributed by atoms with Crippen molar-refractivity contribution in [2.45, 2.75) is 109 Å². The Morgan fingerprint density at radius 3 is 2.52 bits per heavy atom. The molecule has 0 aromatic carbocycles. The maximum atomic E-state index is 11.1. The van der Waals surface area contributed by atoms with Crippen molar-refractivity contribution in [1.82, 2.24) is 5.48 Å². The van der Waals surface area contributed by atoms with Crippen LogP contribution in [0.25, 0.3) is 0 Å². The van der Waals surface area contributed by atoms with Crippen molar-refractivity contribution >= 4 is 5.91 Å². The molecule has 5 unspecified atom stereocenters. The van der Waals surface area contributed by atoms with Crippen molar-refractivity contribution in [3.05, 3.63) is 0 Å². The highest BCUT2D eigenvalue weighted by Crippen LogP contribution is 2.45. The number of ether oxygens (including phenoxy) is 3. The van der Waals surface area contributed by atoms with E-state index in [0.29, 0.717) is 30.5 Å². The van der Waals surface area contributed by atoms with Gasteiger partial charge < -0.3 is 14.2 Å². The van der Waals surface area contributed by atoms with Gasteiger partial charge in [-0.1, -0.05) is 32.6 Å². The standard InChI is InChI=1S/C23H43NO5/c1-3-4-5-7-15-27-16-8-6-11-19-20(22-14-13-21(19)29-22)17-28-18(2)10-9-12-23(25)24-26/h18-22,26H,3-17H2,1-2H3,(H,24,25). The van der Waals surface area contributed by atoms with Crippen molar-refractivity contribution in [2.24, 2.45) is 11.8 Å². The highest BCUT2D eigenvalue weighted by molar-refractivity contribution is 5.74. The van der Waals surface area contributed by atoms with Crippen LogP contribution in [0.2, 0.25) is 0 Å². The average Bonchev–Trinajstić information content (AvgIpc) is 3.32. The number of hydrogen-bond acceptors (Lipinski definition) is 5. The second-order valence-corrected chi connectivity index (χ2v) is 8.86. The van der Waals surface area contributed by atoms with Gasteiger partial charge in [0.05, 0.1) is 24.9 Å². The second-order valence-electron chi connectivity index (χ2n) is 8.86. The molecular formula is C23H43NO5. The summed E-state index contributed by atoms with van der Waals surface area (Å²) in [5.41, 5.74) is 1.68.